The molecule has 1 rings (SSSR count). The van der Waals surface area contributed by atoms with E-state index in [2.05, 4.69) is 4.74 Å². The van der Waals surface area contributed by atoms with Gasteiger partial charge in [0, 0.05) is 20.0 Å². The fraction of sp³-hybridized carbons (Fsp3) is 0.222. The Kier molecular flexibility index (Phi) is 2.81. The lowest BCUT2D eigenvalue weighted by Crippen LogP contribution is -2.25. The zero-order valence-corrected chi connectivity index (χ0v) is 7.81. The average Bonchev–Trinajstić information content (AvgIpc) is 2.07. The molecule has 0 radical (unpaired) electrons. The molecule has 0 N–H and O–H groups in total. The number of pyridine rings is 1. The monoisotopic (exact) mass is 195 g/mol. The quantitative estimate of drug-likeness (QED) is 0.609. The zero-order chi connectivity index (χ0) is 10.7. The van der Waals surface area contributed by atoms with E-state index in [1.807, 2.05) is 0 Å². The molecule has 1 heterocycles. The number of rotatable bonds is 1. The first-order valence-corrected chi connectivity index (χ1v) is 3.93. The molecule has 0 amide bonds. The first kappa shape index (κ1) is 10.2. The number of carbonyl (C=O) groups is 2. The van der Waals surface area contributed by atoms with E-state index in [4.69, 9.17) is 0 Å². The summed E-state index contributed by atoms with van der Waals surface area (Å²) in [6, 6.07) is 2.80. The van der Waals surface area contributed by atoms with Crippen molar-refractivity contribution in [3.63, 3.8) is 0 Å². The van der Waals surface area contributed by atoms with Gasteiger partial charge in [-0.1, -0.05) is 0 Å². The van der Waals surface area contributed by atoms with Gasteiger partial charge in [-0.2, -0.15) is 0 Å². The van der Waals surface area contributed by atoms with Crippen LogP contribution in [0, 0.1) is 0 Å². The highest BCUT2D eigenvalue weighted by Crippen LogP contribution is 2.01. The fourth-order valence-corrected chi connectivity index (χ4v) is 0.955. The number of hydrogen-bond donors (Lipinski definition) is 0. The third-order valence-corrected chi connectivity index (χ3v) is 1.51. The van der Waals surface area contributed by atoms with Gasteiger partial charge < -0.3 is 4.74 Å². The summed E-state index contributed by atoms with van der Waals surface area (Å²) in [7, 11) is 0. The Balaban J connectivity index is 3.21. The second-order valence-electron chi connectivity index (χ2n) is 2.66. The number of ether oxygens (including phenoxy) is 1. The maximum Gasteiger partial charge on any atom is 0.308 e. The van der Waals surface area contributed by atoms with Crippen molar-refractivity contribution in [2.24, 2.45) is 0 Å². The smallest absolute Gasteiger partial charge is 0.308 e. The standard InChI is InChI=1S/C9H9NO4/c1-6(11)10-5-3-4-8(9(10)13)14-7(2)12/h3-5H,1-2H3. The molecule has 0 aromatic carbocycles. The summed E-state index contributed by atoms with van der Waals surface area (Å²) >= 11 is 0. The molecule has 0 spiro atoms. The summed E-state index contributed by atoms with van der Waals surface area (Å²) in [5.41, 5.74) is -0.629. The molecule has 1 aromatic rings. The van der Waals surface area contributed by atoms with Gasteiger partial charge in [0.05, 0.1) is 0 Å². The van der Waals surface area contributed by atoms with Gasteiger partial charge in [0.25, 0.3) is 5.56 Å². The average molecular weight is 195 g/mol. The van der Waals surface area contributed by atoms with Crippen molar-refractivity contribution >= 4 is 11.9 Å². The molecule has 5 heteroatoms. The van der Waals surface area contributed by atoms with Crippen LogP contribution in [0.3, 0.4) is 0 Å². The largest absolute Gasteiger partial charge is 0.421 e. The predicted molar refractivity (Wildman–Crippen MR) is 48.3 cm³/mol. The number of hydrogen-bond acceptors (Lipinski definition) is 4. The third-order valence-electron chi connectivity index (χ3n) is 1.51. The zero-order valence-electron chi connectivity index (χ0n) is 7.81. The van der Waals surface area contributed by atoms with Crippen LogP contribution in [-0.2, 0) is 4.79 Å². The molecule has 0 aliphatic heterocycles. The van der Waals surface area contributed by atoms with Gasteiger partial charge in [0.1, 0.15) is 0 Å². The molecule has 1 aromatic heterocycles. The Bertz CT molecular complexity index is 433. The summed E-state index contributed by atoms with van der Waals surface area (Å²) in [5, 5.41) is 0. The van der Waals surface area contributed by atoms with Gasteiger partial charge in [-0.15, -0.1) is 0 Å². The molecule has 5 nitrogen and oxygen atoms in total. The molecule has 0 aliphatic carbocycles. The molecule has 0 fully saturated rings. The normalized spacial score (nSPS) is 9.57. The van der Waals surface area contributed by atoms with Crippen LogP contribution in [0.1, 0.15) is 18.6 Å². The maximum atomic E-state index is 11.4. The Labute approximate surface area is 79.9 Å². The summed E-state index contributed by atoms with van der Waals surface area (Å²) in [5.74, 6) is -1.16. The van der Waals surface area contributed by atoms with Crippen LogP contribution in [0.4, 0.5) is 0 Å². The van der Waals surface area contributed by atoms with Crippen molar-refractivity contribution in [3.05, 3.63) is 28.7 Å². The van der Waals surface area contributed by atoms with Crippen molar-refractivity contribution in [3.8, 4) is 5.75 Å². The lowest BCUT2D eigenvalue weighted by Gasteiger charge is -2.03. The highest BCUT2D eigenvalue weighted by molar-refractivity contribution is 5.76. The Morgan fingerprint density at radius 3 is 2.50 bits per heavy atom. The van der Waals surface area contributed by atoms with Crippen molar-refractivity contribution in [2.75, 3.05) is 0 Å². The topological polar surface area (TPSA) is 65.4 Å². The minimum atomic E-state index is -0.629. The van der Waals surface area contributed by atoms with Gasteiger partial charge >= 0.3 is 5.97 Å². The Morgan fingerprint density at radius 2 is 2.00 bits per heavy atom. The van der Waals surface area contributed by atoms with Crippen molar-refractivity contribution < 1.29 is 14.3 Å². The fourth-order valence-electron chi connectivity index (χ4n) is 0.955. The summed E-state index contributed by atoms with van der Waals surface area (Å²) in [4.78, 5) is 32.9. The second kappa shape index (κ2) is 3.87. The Hall–Kier alpha value is -1.91. The van der Waals surface area contributed by atoms with Gasteiger partial charge in [-0.25, -0.2) is 0 Å². The molecule has 0 aliphatic rings. The summed E-state index contributed by atoms with van der Waals surface area (Å²) < 4.78 is 5.48. The SMILES string of the molecule is CC(=O)Oc1cccn(C(C)=O)c1=O. The van der Waals surface area contributed by atoms with Gasteiger partial charge in [0.15, 0.2) is 5.75 Å². The van der Waals surface area contributed by atoms with Gasteiger partial charge in [0.2, 0.25) is 5.91 Å². The highest BCUT2D eigenvalue weighted by atomic mass is 16.5. The minimum Gasteiger partial charge on any atom is -0.421 e. The van der Waals surface area contributed by atoms with Gasteiger partial charge in [-0.05, 0) is 12.1 Å². The van der Waals surface area contributed by atoms with E-state index < -0.39 is 17.4 Å². The van der Waals surface area contributed by atoms with E-state index in [9.17, 15) is 14.4 Å². The van der Waals surface area contributed by atoms with Crippen LogP contribution < -0.4 is 10.3 Å². The maximum absolute atomic E-state index is 11.4. The molecule has 0 saturated carbocycles. The molecule has 0 unspecified atom stereocenters. The van der Waals surface area contributed by atoms with E-state index in [0.29, 0.717) is 0 Å². The number of carbonyl (C=O) groups excluding carboxylic acids is 2. The van der Waals surface area contributed by atoms with Crippen LogP contribution in [-0.4, -0.2) is 16.4 Å². The van der Waals surface area contributed by atoms with Crippen LogP contribution >= 0.6 is 0 Å². The van der Waals surface area contributed by atoms with Gasteiger partial charge in [-0.3, -0.25) is 19.0 Å². The first-order chi connectivity index (χ1) is 6.52. The minimum absolute atomic E-state index is 0.143. The van der Waals surface area contributed by atoms with Crippen LogP contribution in [0.25, 0.3) is 0 Å². The molecule has 74 valence electrons. The number of aromatic nitrogens is 1. The molecule has 0 bridgehead atoms. The van der Waals surface area contributed by atoms with E-state index in [1.54, 1.807) is 0 Å². The number of nitrogens with zero attached hydrogens (tertiary/aromatic N) is 1. The molecular formula is C9H9NO4. The molecule has 14 heavy (non-hydrogen) atoms. The van der Waals surface area contributed by atoms with Crippen molar-refractivity contribution in [2.45, 2.75) is 13.8 Å². The van der Waals surface area contributed by atoms with Crippen LogP contribution in [0.5, 0.6) is 5.75 Å². The van der Waals surface area contributed by atoms with E-state index in [-0.39, 0.29) is 5.75 Å². The third kappa shape index (κ3) is 2.07. The van der Waals surface area contributed by atoms with E-state index >= 15 is 0 Å². The summed E-state index contributed by atoms with van der Waals surface area (Å²) in [6.07, 6.45) is 1.32. The predicted octanol–water partition coefficient (Wildman–Crippen LogP) is 0.434. The molecular weight excluding hydrogens is 186 g/mol. The molecule has 0 atom stereocenters. The van der Waals surface area contributed by atoms with Crippen molar-refractivity contribution in [1.82, 2.24) is 4.57 Å². The van der Waals surface area contributed by atoms with Crippen molar-refractivity contribution in [1.29, 1.82) is 0 Å². The van der Waals surface area contributed by atoms with E-state index in [1.165, 1.54) is 32.2 Å². The highest BCUT2D eigenvalue weighted by Gasteiger charge is 2.08. The number of esters is 1. The van der Waals surface area contributed by atoms with Crippen LogP contribution in [0.2, 0.25) is 0 Å². The lowest BCUT2D eigenvalue weighted by atomic mass is 10.4. The van der Waals surface area contributed by atoms with Crippen LogP contribution in [0.15, 0.2) is 23.1 Å². The lowest BCUT2D eigenvalue weighted by molar-refractivity contribution is -0.132. The summed E-state index contributed by atoms with van der Waals surface area (Å²) in [6.45, 7) is 2.43. The Morgan fingerprint density at radius 1 is 1.36 bits per heavy atom. The van der Waals surface area contributed by atoms with E-state index in [0.717, 1.165) is 4.57 Å². The second-order valence-corrected chi connectivity index (χ2v) is 2.66. The first-order valence-electron chi connectivity index (χ1n) is 3.93. The molecule has 0 saturated heterocycles.